The van der Waals surface area contributed by atoms with Gasteiger partial charge in [-0.05, 0) is 24.3 Å². The number of para-hydroxylation sites is 1. The second-order valence-electron chi connectivity index (χ2n) is 6.51. The zero-order chi connectivity index (χ0) is 22.3. The largest absolute Gasteiger partial charge is 0.478 e. The molecule has 0 bridgehead atoms. The number of hydrogen-bond donors (Lipinski definition) is 1. The Hall–Kier alpha value is -2.75. The van der Waals surface area contributed by atoms with E-state index in [1.807, 2.05) is 0 Å². The van der Waals surface area contributed by atoms with Crippen LogP contribution in [-0.4, -0.2) is 29.5 Å². The predicted molar refractivity (Wildman–Crippen MR) is 102 cm³/mol. The Bertz CT molecular complexity index is 1050. The van der Waals surface area contributed by atoms with Crippen LogP contribution in [0.25, 0.3) is 5.57 Å². The third-order valence-electron chi connectivity index (χ3n) is 4.56. The highest BCUT2D eigenvalue weighted by molar-refractivity contribution is 9.10. The lowest BCUT2D eigenvalue weighted by atomic mass is 9.97. The molecule has 2 aromatic carbocycles. The molecule has 0 radical (unpaired) electrons. The van der Waals surface area contributed by atoms with E-state index in [1.165, 1.54) is 30.3 Å². The smallest absolute Gasteiger partial charge is 0.417 e. The van der Waals surface area contributed by atoms with Crippen LogP contribution in [0, 0.1) is 0 Å². The van der Waals surface area contributed by atoms with Crippen molar-refractivity contribution >= 4 is 39.1 Å². The molecule has 0 fully saturated rings. The molecule has 0 aliphatic carbocycles. The van der Waals surface area contributed by atoms with Crippen molar-refractivity contribution in [2.45, 2.75) is 18.5 Å². The number of aliphatic carboxylic acids is 1. The molecule has 0 aromatic heterocycles. The SMILES string of the molecule is O=C(O)C=C1c2ccccc2N(C(=O)c2ccc(Br)cc2C(F)(F)F)CCC1(F)F. The summed E-state index contributed by atoms with van der Waals surface area (Å²) in [5.41, 5.74) is -3.05. The predicted octanol–water partition coefficient (Wildman–Crippen LogP) is 5.62. The van der Waals surface area contributed by atoms with Crippen LogP contribution in [0.2, 0.25) is 0 Å². The van der Waals surface area contributed by atoms with Crippen LogP contribution in [-0.2, 0) is 11.0 Å². The van der Waals surface area contributed by atoms with E-state index in [0.717, 1.165) is 17.0 Å². The number of halogens is 6. The summed E-state index contributed by atoms with van der Waals surface area (Å²) in [6.07, 6.45) is -5.45. The molecule has 1 amide bonds. The number of allylic oxidation sites excluding steroid dienone is 1. The van der Waals surface area contributed by atoms with Crippen molar-refractivity contribution in [3.8, 4) is 0 Å². The zero-order valence-electron chi connectivity index (χ0n) is 15.0. The molecule has 158 valence electrons. The van der Waals surface area contributed by atoms with Gasteiger partial charge < -0.3 is 10.0 Å². The highest BCUT2D eigenvalue weighted by Gasteiger charge is 2.43. The quantitative estimate of drug-likeness (QED) is 0.439. The van der Waals surface area contributed by atoms with Gasteiger partial charge in [0.2, 0.25) is 0 Å². The molecular weight excluding hydrogens is 477 g/mol. The average Bonchev–Trinajstić information content (AvgIpc) is 2.75. The van der Waals surface area contributed by atoms with Crippen LogP contribution in [0.1, 0.15) is 27.9 Å². The van der Waals surface area contributed by atoms with Crippen LogP contribution in [0.4, 0.5) is 27.6 Å². The minimum Gasteiger partial charge on any atom is -0.478 e. The van der Waals surface area contributed by atoms with Crippen LogP contribution < -0.4 is 4.90 Å². The number of carbonyl (C=O) groups excluding carboxylic acids is 1. The summed E-state index contributed by atoms with van der Waals surface area (Å²) in [6, 6.07) is 8.24. The number of hydrogen-bond acceptors (Lipinski definition) is 2. The van der Waals surface area contributed by atoms with E-state index in [0.29, 0.717) is 6.08 Å². The van der Waals surface area contributed by atoms with Crippen LogP contribution in [0.3, 0.4) is 0 Å². The summed E-state index contributed by atoms with van der Waals surface area (Å²) >= 11 is 2.93. The lowest BCUT2D eigenvalue weighted by molar-refractivity contribution is -0.138. The molecular formula is C20H13BrF5NO3. The third-order valence-corrected chi connectivity index (χ3v) is 5.05. The van der Waals surface area contributed by atoms with Gasteiger partial charge in [-0.3, -0.25) is 4.79 Å². The molecule has 0 atom stereocenters. The van der Waals surface area contributed by atoms with E-state index in [1.54, 1.807) is 0 Å². The first-order valence-corrected chi connectivity index (χ1v) is 9.32. The number of carbonyl (C=O) groups is 2. The Morgan fingerprint density at radius 1 is 1.13 bits per heavy atom. The number of benzene rings is 2. The Morgan fingerprint density at radius 3 is 2.43 bits per heavy atom. The maximum absolute atomic E-state index is 14.7. The first-order valence-electron chi connectivity index (χ1n) is 8.53. The number of carboxylic acid groups (broad SMARTS) is 1. The van der Waals surface area contributed by atoms with Gasteiger partial charge in [0.25, 0.3) is 11.8 Å². The number of anilines is 1. The fourth-order valence-corrected chi connectivity index (χ4v) is 3.60. The van der Waals surface area contributed by atoms with Gasteiger partial charge in [-0.1, -0.05) is 34.1 Å². The Kier molecular flexibility index (Phi) is 5.72. The molecule has 10 heteroatoms. The Balaban J connectivity index is 2.19. The van der Waals surface area contributed by atoms with E-state index < -0.39 is 53.6 Å². The number of amides is 1. The Morgan fingerprint density at radius 2 is 1.80 bits per heavy atom. The van der Waals surface area contributed by atoms with Crippen molar-refractivity contribution in [1.29, 1.82) is 0 Å². The van der Waals surface area contributed by atoms with Gasteiger partial charge in [0.05, 0.1) is 16.8 Å². The highest BCUT2D eigenvalue weighted by Crippen LogP contribution is 2.44. The van der Waals surface area contributed by atoms with E-state index in [-0.39, 0.29) is 15.7 Å². The van der Waals surface area contributed by atoms with Gasteiger partial charge in [0.1, 0.15) is 0 Å². The summed E-state index contributed by atoms with van der Waals surface area (Å²) < 4.78 is 69.9. The average molecular weight is 490 g/mol. The van der Waals surface area contributed by atoms with Crippen LogP contribution in [0.5, 0.6) is 0 Å². The van der Waals surface area contributed by atoms with Gasteiger partial charge in [-0.15, -0.1) is 0 Å². The second-order valence-corrected chi connectivity index (χ2v) is 7.43. The molecule has 4 nitrogen and oxygen atoms in total. The minimum atomic E-state index is -4.85. The topological polar surface area (TPSA) is 57.6 Å². The van der Waals surface area contributed by atoms with Gasteiger partial charge >= 0.3 is 12.1 Å². The molecule has 1 heterocycles. The molecule has 0 saturated carbocycles. The molecule has 30 heavy (non-hydrogen) atoms. The van der Waals surface area contributed by atoms with Gasteiger partial charge in [0, 0.05) is 34.7 Å². The van der Waals surface area contributed by atoms with Crippen molar-refractivity contribution in [2.24, 2.45) is 0 Å². The van der Waals surface area contributed by atoms with Gasteiger partial charge in [-0.2, -0.15) is 13.2 Å². The summed E-state index contributed by atoms with van der Waals surface area (Å²) in [7, 11) is 0. The molecule has 2 aromatic rings. The number of nitrogens with zero attached hydrogens (tertiary/aromatic N) is 1. The van der Waals surface area contributed by atoms with E-state index >= 15 is 0 Å². The van der Waals surface area contributed by atoms with Crippen LogP contribution in [0.15, 0.2) is 53.0 Å². The van der Waals surface area contributed by atoms with E-state index in [2.05, 4.69) is 15.9 Å². The minimum absolute atomic E-state index is 0.0942. The summed E-state index contributed by atoms with van der Waals surface area (Å²) in [5, 5.41) is 9.00. The Labute approximate surface area is 175 Å². The normalized spacial score (nSPS) is 17.4. The maximum Gasteiger partial charge on any atom is 0.417 e. The lowest BCUT2D eigenvalue weighted by Gasteiger charge is -2.24. The van der Waals surface area contributed by atoms with Crippen LogP contribution >= 0.6 is 15.9 Å². The summed E-state index contributed by atoms with van der Waals surface area (Å²) in [4.78, 5) is 25.0. The standard InChI is InChI=1S/C20H13BrF5NO3/c21-11-5-6-13(15(9-11)20(24,25)26)18(30)27-8-7-19(22,23)14(10-17(28)29)12-3-1-2-4-16(12)27/h1-6,9-10H,7-8H2,(H,28,29). The second kappa shape index (κ2) is 7.82. The van der Waals surface area contributed by atoms with E-state index in [4.69, 9.17) is 5.11 Å². The molecule has 0 spiro atoms. The fourth-order valence-electron chi connectivity index (χ4n) is 3.24. The van der Waals surface area contributed by atoms with Crippen molar-refractivity contribution in [1.82, 2.24) is 0 Å². The summed E-state index contributed by atoms with van der Waals surface area (Å²) in [5.74, 6) is -6.32. The number of fused-ring (bicyclic) bond motifs is 1. The van der Waals surface area contributed by atoms with Crippen molar-refractivity contribution < 1.29 is 36.6 Å². The summed E-state index contributed by atoms with van der Waals surface area (Å²) in [6.45, 7) is -0.604. The molecule has 1 N–H and O–H groups in total. The molecule has 0 saturated heterocycles. The fraction of sp³-hybridized carbons (Fsp3) is 0.200. The third kappa shape index (κ3) is 4.23. The highest BCUT2D eigenvalue weighted by atomic mass is 79.9. The van der Waals surface area contributed by atoms with Crippen molar-refractivity contribution in [3.05, 3.63) is 69.7 Å². The number of carboxylic acids is 1. The van der Waals surface area contributed by atoms with E-state index in [9.17, 15) is 31.5 Å². The first kappa shape index (κ1) is 21.9. The van der Waals surface area contributed by atoms with Crippen molar-refractivity contribution in [2.75, 3.05) is 11.4 Å². The molecule has 1 aliphatic heterocycles. The number of alkyl halides is 5. The monoisotopic (exact) mass is 489 g/mol. The molecule has 1 aliphatic rings. The zero-order valence-corrected chi connectivity index (χ0v) is 16.6. The van der Waals surface area contributed by atoms with Gasteiger partial charge in [0.15, 0.2) is 0 Å². The van der Waals surface area contributed by atoms with Crippen molar-refractivity contribution in [3.63, 3.8) is 0 Å². The first-order chi connectivity index (χ1) is 13.9. The molecule has 3 rings (SSSR count). The molecule has 0 unspecified atom stereocenters. The number of rotatable bonds is 2. The maximum atomic E-state index is 14.7. The van der Waals surface area contributed by atoms with Gasteiger partial charge in [-0.25, -0.2) is 13.6 Å². The lowest BCUT2D eigenvalue weighted by Crippen LogP contribution is -2.34.